The van der Waals surface area contributed by atoms with Crippen molar-refractivity contribution in [3.63, 3.8) is 0 Å². The van der Waals surface area contributed by atoms with E-state index in [0.717, 1.165) is 44.8 Å². The molecule has 4 rings (SSSR count). The molecule has 2 aliphatic rings. The lowest BCUT2D eigenvalue weighted by molar-refractivity contribution is 0.214. The van der Waals surface area contributed by atoms with E-state index in [2.05, 4.69) is 41.1 Å². The molecule has 0 saturated carbocycles. The molecule has 142 valence electrons. The third-order valence-corrected chi connectivity index (χ3v) is 5.73. The number of benzene rings is 1. The van der Waals surface area contributed by atoms with Crippen molar-refractivity contribution in [1.29, 1.82) is 0 Å². The summed E-state index contributed by atoms with van der Waals surface area (Å²) < 4.78 is 0. The summed E-state index contributed by atoms with van der Waals surface area (Å²) in [5.74, 6) is 0.392. The van der Waals surface area contributed by atoms with Gasteiger partial charge in [0.1, 0.15) is 0 Å². The minimum Gasteiger partial charge on any atom is -0.368 e. The molecule has 1 atom stereocenters. The van der Waals surface area contributed by atoms with Gasteiger partial charge in [0.25, 0.3) is 0 Å². The van der Waals surface area contributed by atoms with Crippen LogP contribution in [0.3, 0.4) is 0 Å². The summed E-state index contributed by atoms with van der Waals surface area (Å²) in [5, 5.41) is 0. The van der Waals surface area contributed by atoms with Crippen LogP contribution in [0.2, 0.25) is 0 Å². The molecule has 0 spiro atoms. The van der Waals surface area contributed by atoms with E-state index >= 15 is 0 Å². The van der Waals surface area contributed by atoms with Crippen LogP contribution in [0.1, 0.15) is 37.7 Å². The number of aromatic nitrogens is 1. The fourth-order valence-corrected chi connectivity index (χ4v) is 4.20. The highest BCUT2D eigenvalue weighted by Gasteiger charge is 2.33. The summed E-state index contributed by atoms with van der Waals surface area (Å²) in [4.78, 5) is 23.9. The van der Waals surface area contributed by atoms with Crippen molar-refractivity contribution in [3.05, 3.63) is 54.4 Å². The predicted octanol–water partition coefficient (Wildman–Crippen LogP) is 4.12. The van der Waals surface area contributed by atoms with E-state index in [1.165, 1.54) is 24.1 Å². The first-order valence-electron chi connectivity index (χ1n) is 10.1. The average molecular weight is 364 g/mol. The molecular formula is C22H28N4O. The molecule has 1 aromatic carbocycles. The quantitative estimate of drug-likeness (QED) is 0.819. The van der Waals surface area contributed by atoms with Crippen molar-refractivity contribution in [2.45, 2.75) is 32.1 Å². The summed E-state index contributed by atoms with van der Waals surface area (Å²) in [6.45, 7) is 6.54. The second kappa shape index (κ2) is 7.99. The van der Waals surface area contributed by atoms with Gasteiger partial charge in [0.2, 0.25) is 0 Å². The van der Waals surface area contributed by atoms with Gasteiger partial charge in [0, 0.05) is 51.0 Å². The number of carbonyl (C=O) groups excluding carboxylic acids is 1. The van der Waals surface area contributed by atoms with Gasteiger partial charge in [-0.05, 0) is 36.6 Å². The third-order valence-electron chi connectivity index (χ3n) is 5.73. The largest absolute Gasteiger partial charge is 0.368 e. The smallest absolute Gasteiger partial charge is 0.324 e. The highest BCUT2D eigenvalue weighted by molar-refractivity contribution is 5.97. The van der Waals surface area contributed by atoms with E-state index in [-0.39, 0.29) is 6.03 Å². The molecule has 5 nitrogen and oxygen atoms in total. The van der Waals surface area contributed by atoms with Crippen LogP contribution in [0.25, 0.3) is 0 Å². The van der Waals surface area contributed by atoms with Crippen LogP contribution in [0.15, 0.2) is 48.8 Å². The lowest BCUT2D eigenvalue weighted by Gasteiger charge is -2.39. The molecule has 1 fully saturated rings. The van der Waals surface area contributed by atoms with Crippen LogP contribution in [0.4, 0.5) is 16.2 Å². The van der Waals surface area contributed by atoms with Gasteiger partial charge >= 0.3 is 6.03 Å². The molecule has 3 heterocycles. The number of likely N-dealkylation sites (tertiary alicyclic amines) is 1. The zero-order valence-corrected chi connectivity index (χ0v) is 16.1. The molecule has 2 aromatic rings. The van der Waals surface area contributed by atoms with Crippen molar-refractivity contribution >= 4 is 17.4 Å². The van der Waals surface area contributed by atoms with Crippen LogP contribution >= 0.6 is 0 Å². The number of hydrogen-bond acceptors (Lipinski definition) is 3. The molecule has 1 unspecified atom stereocenters. The highest BCUT2D eigenvalue weighted by atomic mass is 16.2. The number of amides is 2. The summed E-state index contributed by atoms with van der Waals surface area (Å²) in [5.41, 5.74) is 3.47. The number of urea groups is 1. The third kappa shape index (κ3) is 3.64. The van der Waals surface area contributed by atoms with Crippen molar-refractivity contribution in [3.8, 4) is 0 Å². The van der Waals surface area contributed by atoms with Crippen molar-refractivity contribution in [2.75, 3.05) is 42.5 Å². The van der Waals surface area contributed by atoms with Gasteiger partial charge in [0.05, 0.1) is 11.4 Å². The first-order valence-corrected chi connectivity index (χ1v) is 10.1. The van der Waals surface area contributed by atoms with Crippen LogP contribution < -0.4 is 9.80 Å². The molecule has 1 aromatic heterocycles. The maximum atomic E-state index is 13.3. The Labute approximate surface area is 161 Å². The number of unbranched alkanes of at least 4 members (excludes halogenated alkanes) is 1. The molecule has 0 radical (unpaired) electrons. The summed E-state index contributed by atoms with van der Waals surface area (Å²) >= 11 is 0. The average Bonchev–Trinajstić information content (AvgIpc) is 3.22. The van der Waals surface area contributed by atoms with Gasteiger partial charge in [-0.25, -0.2) is 4.79 Å². The first kappa shape index (κ1) is 17.8. The molecule has 2 amide bonds. The SMILES string of the molecule is CCCCN1CCN(C(=O)N2CCC(c3cccnc3)C2)c2ccccc21. The minimum absolute atomic E-state index is 0.143. The van der Waals surface area contributed by atoms with E-state index in [1.807, 2.05) is 28.1 Å². The molecule has 0 bridgehead atoms. The number of rotatable bonds is 4. The summed E-state index contributed by atoms with van der Waals surface area (Å²) in [7, 11) is 0. The Bertz CT molecular complexity index is 779. The highest BCUT2D eigenvalue weighted by Crippen LogP contribution is 2.35. The Morgan fingerprint density at radius 1 is 1.11 bits per heavy atom. The van der Waals surface area contributed by atoms with E-state index in [4.69, 9.17) is 0 Å². The number of nitrogens with zero attached hydrogens (tertiary/aromatic N) is 4. The number of pyridine rings is 1. The van der Waals surface area contributed by atoms with E-state index in [1.54, 1.807) is 6.20 Å². The van der Waals surface area contributed by atoms with Crippen molar-refractivity contribution < 1.29 is 4.79 Å². The number of para-hydroxylation sites is 2. The Hall–Kier alpha value is -2.56. The Morgan fingerprint density at radius 2 is 1.96 bits per heavy atom. The summed E-state index contributed by atoms with van der Waals surface area (Å²) in [6.07, 6.45) is 7.11. The van der Waals surface area contributed by atoms with Gasteiger partial charge in [-0.2, -0.15) is 0 Å². The number of hydrogen-bond donors (Lipinski definition) is 0. The predicted molar refractivity (Wildman–Crippen MR) is 109 cm³/mol. The lowest BCUT2D eigenvalue weighted by atomic mass is 10.0. The summed E-state index contributed by atoms with van der Waals surface area (Å²) in [6, 6.07) is 12.6. The Kier molecular flexibility index (Phi) is 5.28. The van der Waals surface area contributed by atoms with Gasteiger partial charge in [-0.3, -0.25) is 9.88 Å². The molecule has 0 N–H and O–H groups in total. The van der Waals surface area contributed by atoms with E-state index in [9.17, 15) is 4.79 Å². The van der Waals surface area contributed by atoms with Gasteiger partial charge in [0.15, 0.2) is 0 Å². The molecule has 1 saturated heterocycles. The molecule has 2 aliphatic heterocycles. The fraction of sp³-hybridized carbons (Fsp3) is 0.455. The molecule has 5 heteroatoms. The topological polar surface area (TPSA) is 39.7 Å². The number of carbonyl (C=O) groups is 1. The van der Waals surface area contributed by atoms with Gasteiger partial charge in [-0.1, -0.05) is 31.5 Å². The van der Waals surface area contributed by atoms with Crippen molar-refractivity contribution in [1.82, 2.24) is 9.88 Å². The van der Waals surface area contributed by atoms with Gasteiger partial charge < -0.3 is 9.80 Å². The Morgan fingerprint density at radius 3 is 2.74 bits per heavy atom. The fourth-order valence-electron chi connectivity index (χ4n) is 4.20. The molecule has 27 heavy (non-hydrogen) atoms. The van der Waals surface area contributed by atoms with Crippen LogP contribution in [0.5, 0.6) is 0 Å². The lowest BCUT2D eigenvalue weighted by Crippen LogP contribution is -2.49. The second-order valence-electron chi connectivity index (χ2n) is 7.48. The van der Waals surface area contributed by atoms with Crippen molar-refractivity contribution in [2.24, 2.45) is 0 Å². The monoisotopic (exact) mass is 364 g/mol. The standard InChI is InChI=1S/C22H28N4O/c1-2-3-12-24-14-15-26(21-9-5-4-8-20(21)24)22(27)25-13-10-19(17-25)18-7-6-11-23-16-18/h4-9,11,16,19H,2-3,10,12-15,17H2,1H3. The zero-order chi connectivity index (χ0) is 18.6. The Balaban J connectivity index is 1.49. The van der Waals surface area contributed by atoms with E-state index in [0.29, 0.717) is 5.92 Å². The molecule has 0 aliphatic carbocycles. The normalized spacial score (nSPS) is 19.3. The van der Waals surface area contributed by atoms with Crippen LogP contribution in [0, 0.1) is 0 Å². The van der Waals surface area contributed by atoms with Crippen LogP contribution in [-0.2, 0) is 0 Å². The second-order valence-corrected chi connectivity index (χ2v) is 7.48. The first-order chi connectivity index (χ1) is 13.3. The van der Waals surface area contributed by atoms with E-state index < -0.39 is 0 Å². The van der Waals surface area contributed by atoms with Gasteiger partial charge in [-0.15, -0.1) is 0 Å². The zero-order valence-electron chi connectivity index (χ0n) is 16.1. The minimum atomic E-state index is 0.143. The number of anilines is 2. The maximum absolute atomic E-state index is 13.3. The molecular weight excluding hydrogens is 336 g/mol. The number of fused-ring (bicyclic) bond motifs is 1. The maximum Gasteiger partial charge on any atom is 0.324 e. The van der Waals surface area contributed by atoms with Crippen LogP contribution in [-0.4, -0.2) is 48.6 Å².